The lowest BCUT2D eigenvalue weighted by Gasteiger charge is -2.51. The first kappa shape index (κ1) is 36.9. The fraction of sp³-hybridized carbons (Fsp3) is 0.476. The van der Waals surface area contributed by atoms with Crippen LogP contribution in [0.15, 0.2) is 60.7 Å². The monoisotopic (exact) mass is 721 g/mol. The van der Waals surface area contributed by atoms with Gasteiger partial charge in [-0.1, -0.05) is 25.1 Å². The van der Waals surface area contributed by atoms with Gasteiger partial charge in [0.05, 0.1) is 72.8 Å². The zero-order valence-electron chi connectivity index (χ0n) is 31.5. The Morgan fingerprint density at radius 3 is 2.64 bits per heavy atom. The van der Waals surface area contributed by atoms with Crippen LogP contribution in [0.1, 0.15) is 85.9 Å². The molecule has 10 nitrogen and oxygen atoms in total. The maximum Gasteiger partial charge on any atom is 0.347 e. The summed E-state index contributed by atoms with van der Waals surface area (Å²) in [5, 5.41) is 9.00. The van der Waals surface area contributed by atoms with Crippen LogP contribution in [-0.4, -0.2) is 82.1 Å². The number of nitrogens with zero attached hydrogens (tertiary/aromatic N) is 6. The molecule has 2 aromatic heterocycles. The van der Waals surface area contributed by atoms with Crippen molar-refractivity contribution >= 4 is 22.5 Å². The van der Waals surface area contributed by atoms with Crippen LogP contribution >= 0.6 is 0 Å². The van der Waals surface area contributed by atoms with Crippen molar-refractivity contribution in [2.45, 2.75) is 84.3 Å². The molecule has 53 heavy (non-hydrogen) atoms. The summed E-state index contributed by atoms with van der Waals surface area (Å²) in [4.78, 5) is 26.1. The van der Waals surface area contributed by atoms with E-state index in [-0.39, 0.29) is 39.7 Å². The molecule has 0 bridgehead atoms. The number of fused-ring (bicyclic) bond motifs is 1. The molecule has 3 aliphatic rings. The third kappa shape index (κ3) is 8.06. The molecule has 11 heteroatoms. The highest BCUT2D eigenvalue weighted by Gasteiger charge is 2.44. The van der Waals surface area contributed by atoms with Crippen molar-refractivity contribution in [1.29, 1.82) is 5.26 Å². The number of rotatable bonds is 13. The van der Waals surface area contributed by atoms with Crippen LogP contribution in [0.3, 0.4) is 0 Å². The molecule has 1 spiro atoms. The Morgan fingerprint density at radius 2 is 1.96 bits per heavy atom. The highest BCUT2D eigenvalue weighted by atomic mass is 19.1. The third-order valence-corrected chi connectivity index (χ3v) is 11.2. The molecular formula is C42H50FN6O4+. The lowest BCUT2D eigenvalue weighted by atomic mass is 9.69. The number of pyridine rings is 1. The van der Waals surface area contributed by atoms with Gasteiger partial charge in [0.25, 0.3) is 0 Å². The van der Waals surface area contributed by atoms with Crippen LogP contribution in [0, 0.1) is 22.6 Å². The number of carbonyl (C=O) groups is 1. The molecule has 1 amide bonds. The molecule has 2 saturated heterocycles. The van der Waals surface area contributed by atoms with Crippen molar-refractivity contribution in [2.75, 3.05) is 40.5 Å². The minimum absolute atomic E-state index is 0.00958. The van der Waals surface area contributed by atoms with Gasteiger partial charge in [0.15, 0.2) is 6.73 Å². The summed E-state index contributed by atoms with van der Waals surface area (Å²) in [7, 11) is 3.80. The summed E-state index contributed by atoms with van der Waals surface area (Å²) in [6.07, 6.45) is 7.35. The fourth-order valence-electron chi connectivity index (χ4n) is 7.35. The topological polar surface area (TPSA) is 102 Å². The number of hydrogen-bond acceptors (Lipinski definition) is 8. The van der Waals surface area contributed by atoms with Crippen molar-refractivity contribution in [1.82, 2.24) is 19.4 Å². The van der Waals surface area contributed by atoms with Crippen molar-refractivity contribution in [3.8, 4) is 11.9 Å². The van der Waals surface area contributed by atoms with Gasteiger partial charge in [0.1, 0.15) is 18.2 Å². The van der Waals surface area contributed by atoms with E-state index in [4.69, 9.17) is 29.4 Å². The van der Waals surface area contributed by atoms with Gasteiger partial charge in [0, 0.05) is 31.3 Å². The summed E-state index contributed by atoms with van der Waals surface area (Å²) in [5.41, 5.74) is 5.22. The van der Waals surface area contributed by atoms with E-state index in [9.17, 15) is 9.18 Å². The number of imidazole rings is 1. The first-order chi connectivity index (χ1) is 25.4. The molecule has 4 heterocycles. The van der Waals surface area contributed by atoms with Crippen molar-refractivity contribution < 1.29 is 27.9 Å². The van der Waals surface area contributed by atoms with E-state index in [1.54, 1.807) is 18.2 Å². The Morgan fingerprint density at radius 1 is 1.15 bits per heavy atom. The average Bonchev–Trinajstić information content (AvgIpc) is 3.46. The van der Waals surface area contributed by atoms with Gasteiger partial charge >= 0.3 is 5.91 Å². The number of nitriles is 1. The van der Waals surface area contributed by atoms with Crippen LogP contribution in [0.5, 0.6) is 5.88 Å². The van der Waals surface area contributed by atoms with Gasteiger partial charge in [-0.3, -0.25) is 4.90 Å². The zero-order valence-corrected chi connectivity index (χ0v) is 31.5. The molecule has 1 aliphatic carbocycles. The molecule has 2 aliphatic heterocycles. The maximum absolute atomic E-state index is 14.4. The van der Waals surface area contributed by atoms with E-state index in [0.717, 1.165) is 87.4 Å². The SMILES string of the molecule is CCC(C)(C)OC[N+](C)(C)C(=O)c1ccc2nc(CN3CC4(CC=C(c5cccc(OCc6ccc(C#N)cc6F)n5)CC4)C3)n(CC3CCO3)c2c1. The van der Waals surface area contributed by atoms with Gasteiger partial charge in [-0.2, -0.15) is 5.26 Å². The van der Waals surface area contributed by atoms with Crippen LogP contribution in [0.25, 0.3) is 16.6 Å². The minimum atomic E-state index is -0.461. The van der Waals surface area contributed by atoms with Crippen molar-refractivity contribution in [3.05, 3.63) is 94.7 Å². The summed E-state index contributed by atoms with van der Waals surface area (Å²) < 4.78 is 34.6. The van der Waals surface area contributed by atoms with E-state index in [2.05, 4.69) is 36.3 Å². The number of ether oxygens (including phenoxy) is 3. The Balaban J connectivity index is 0.998. The van der Waals surface area contributed by atoms with Crippen LogP contribution < -0.4 is 4.74 Å². The molecule has 1 atom stereocenters. The highest BCUT2D eigenvalue weighted by Crippen LogP contribution is 2.45. The zero-order chi connectivity index (χ0) is 37.4. The maximum atomic E-state index is 14.4. The molecule has 0 saturated carbocycles. The number of benzene rings is 2. The molecule has 0 radical (unpaired) electrons. The van der Waals surface area contributed by atoms with E-state index < -0.39 is 5.82 Å². The van der Waals surface area contributed by atoms with E-state index >= 15 is 0 Å². The number of amides is 1. The van der Waals surface area contributed by atoms with E-state index in [1.807, 2.05) is 50.5 Å². The summed E-state index contributed by atoms with van der Waals surface area (Å²) in [6.45, 7) is 10.8. The molecule has 2 aromatic carbocycles. The third-order valence-electron chi connectivity index (χ3n) is 11.2. The summed E-state index contributed by atoms with van der Waals surface area (Å²) >= 11 is 0. The molecule has 1 unspecified atom stereocenters. The molecule has 4 aromatic rings. The Labute approximate surface area is 311 Å². The number of likely N-dealkylation sites (tertiary alicyclic amines) is 1. The predicted molar refractivity (Wildman–Crippen MR) is 200 cm³/mol. The van der Waals surface area contributed by atoms with Gasteiger partial charge in [-0.05, 0) is 93.3 Å². The second kappa shape index (κ2) is 14.7. The van der Waals surface area contributed by atoms with Gasteiger partial charge in [-0.15, -0.1) is 0 Å². The molecule has 278 valence electrons. The number of quaternary nitrogens is 1. The Hall–Kier alpha value is -4.47. The van der Waals surface area contributed by atoms with E-state index in [1.165, 1.54) is 11.6 Å². The average molecular weight is 722 g/mol. The smallest absolute Gasteiger partial charge is 0.347 e. The second-order valence-corrected chi connectivity index (χ2v) is 16.1. The van der Waals surface area contributed by atoms with Gasteiger partial charge in [0.2, 0.25) is 5.88 Å². The Kier molecular flexibility index (Phi) is 10.3. The number of carbonyl (C=O) groups excluding carboxylic acids is 1. The molecule has 7 rings (SSSR count). The van der Waals surface area contributed by atoms with Crippen molar-refractivity contribution in [3.63, 3.8) is 0 Å². The molecule has 0 N–H and O–H groups in total. The van der Waals surface area contributed by atoms with Crippen LogP contribution in [0.2, 0.25) is 0 Å². The molecule has 2 fully saturated rings. The standard InChI is InChI=1S/C42H50FN6O4/c1-6-41(2,3)53-28-49(4,5)40(50)31-12-13-36-37(21-31)48(23-33-16-19-51-33)38(45-36)24-47-26-42(27-47)17-14-30(15-18-42)35-8-7-9-39(46-35)52-25-32-11-10-29(22-44)20-34(32)43/h7-14,20-21,33H,6,15-19,23-28H2,1-5H3/q+1. The normalized spacial score (nSPS) is 18.7. The van der Waals surface area contributed by atoms with Gasteiger partial charge in [-0.25, -0.2) is 23.6 Å². The minimum Gasteiger partial charge on any atom is -0.473 e. The van der Waals surface area contributed by atoms with Crippen LogP contribution in [0.4, 0.5) is 4.39 Å². The van der Waals surface area contributed by atoms with Crippen molar-refractivity contribution in [2.24, 2.45) is 5.41 Å². The number of allylic oxidation sites excluding steroid dienone is 2. The highest BCUT2D eigenvalue weighted by molar-refractivity contribution is 5.93. The summed E-state index contributed by atoms with van der Waals surface area (Å²) in [6, 6.07) is 17.9. The van der Waals surface area contributed by atoms with E-state index in [0.29, 0.717) is 23.7 Å². The second-order valence-electron chi connectivity index (χ2n) is 16.1. The van der Waals surface area contributed by atoms with Gasteiger partial charge < -0.3 is 18.8 Å². The number of aromatic nitrogens is 3. The Bertz CT molecular complexity index is 2070. The number of halogens is 1. The predicted octanol–water partition coefficient (Wildman–Crippen LogP) is 7.26. The number of hydrogen-bond donors (Lipinski definition) is 0. The fourth-order valence-corrected chi connectivity index (χ4v) is 7.35. The quantitative estimate of drug-likeness (QED) is 0.105. The lowest BCUT2D eigenvalue weighted by Crippen LogP contribution is -2.56. The summed E-state index contributed by atoms with van der Waals surface area (Å²) in [5.74, 6) is 1.00. The first-order valence-corrected chi connectivity index (χ1v) is 18.7. The first-order valence-electron chi connectivity index (χ1n) is 18.7. The van der Waals surface area contributed by atoms with Crippen LogP contribution in [-0.2, 0) is 29.2 Å². The lowest BCUT2D eigenvalue weighted by molar-refractivity contribution is -0.832. The largest absolute Gasteiger partial charge is 0.473 e. The molecular weight excluding hydrogens is 671 g/mol.